The molecule has 1 aromatic rings. The second-order valence-corrected chi connectivity index (χ2v) is 4.48. The molecule has 2 saturated heterocycles. The van der Waals surface area contributed by atoms with Gasteiger partial charge in [0.1, 0.15) is 0 Å². The van der Waals surface area contributed by atoms with E-state index >= 15 is 0 Å². The predicted molar refractivity (Wildman–Crippen MR) is 59.6 cm³/mol. The third-order valence-corrected chi connectivity index (χ3v) is 3.55. The molecule has 17 heavy (non-hydrogen) atoms. The van der Waals surface area contributed by atoms with Crippen molar-refractivity contribution in [1.29, 1.82) is 0 Å². The lowest BCUT2D eigenvalue weighted by Crippen LogP contribution is -2.13. The Morgan fingerprint density at radius 1 is 1.35 bits per heavy atom. The van der Waals surface area contributed by atoms with E-state index in [-0.39, 0.29) is 22.8 Å². The highest BCUT2D eigenvalue weighted by Crippen LogP contribution is 2.41. The first-order chi connectivity index (χ1) is 8.25. The number of ether oxygens (including phenoxy) is 2. The molecule has 1 aromatic carbocycles. The van der Waals surface area contributed by atoms with Crippen molar-refractivity contribution in [1.82, 2.24) is 0 Å². The fourth-order valence-electron chi connectivity index (χ4n) is 2.68. The second-order valence-electron chi connectivity index (χ2n) is 4.48. The van der Waals surface area contributed by atoms with Gasteiger partial charge in [0.25, 0.3) is 5.69 Å². The topological polar surface area (TPSA) is 61.6 Å². The van der Waals surface area contributed by atoms with Crippen LogP contribution in [0.1, 0.15) is 17.9 Å². The van der Waals surface area contributed by atoms with Crippen LogP contribution in [0.4, 0.5) is 5.69 Å². The van der Waals surface area contributed by atoms with Crippen molar-refractivity contribution in [2.45, 2.75) is 18.6 Å². The summed E-state index contributed by atoms with van der Waals surface area (Å²) < 4.78 is 11.0. The zero-order valence-electron chi connectivity index (χ0n) is 9.24. The molecule has 2 aliphatic rings. The summed E-state index contributed by atoms with van der Waals surface area (Å²) in [4.78, 5) is 10.4. The molecule has 5 heteroatoms. The summed E-state index contributed by atoms with van der Waals surface area (Å²) in [6, 6.07) is 6.83. The van der Waals surface area contributed by atoms with Crippen LogP contribution in [-0.4, -0.2) is 24.4 Å². The van der Waals surface area contributed by atoms with Crippen LogP contribution in [-0.2, 0) is 9.47 Å². The van der Waals surface area contributed by atoms with E-state index in [1.807, 2.05) is 6.07 Å². The Bertz CT molecular complexity index is 448. The first-order valence-corrected chi connectivity index (χ1v) is 5.73. The quantitative estimate of drug-likeness (QED) is 0.581. The minimum Gasteiger partial charge on any atom is -0.352 e. The van der Waals surface area contributed by atoms with E-state index < -0.39 is 0 Å². The molecule has 3 rings (SSSR count). The van der Waals surface area contributed by atoms with Gasteiger partial charge in [-0.2, -0.15) is 0 Å². The molecule has 2 heterocycles. The van der Waals surface area contributed by atoms with Gasteiger partial charge in [0, 0.05) is 24.0 Å². The van der Waals surface area contributed by atoms with Crippen LogP contribution in [0, 0.1) is 16.0 Å². The number of non-ortho nitro benzene ring substituents is 1. The fraction of sp³-hybridized carbons (Fsp3) is 0.500. The van der Waals surface area contributed by atoms with Gasteiger partial charge in [0.15, 0.2) is 6.29 Å². The normalized spacial score (nSPS) is 31.4. The molecule has 0 bridgehead atoms. The second kappa shape index (κ2) is 4.09. The molecule has 0 aliphatic carbocycles. The summed E-state index contributed by atoms with van der Waals surface area (Å²) in [5.41, 5.74) is 1.13. The van der Waals surface area contributed by atoms with Gasteiger partial charge >= 0.3 is 0 Å². The predicted octanol–water partition coefficient (Wildman–Crippen LogP) is 2.07. The van der Waals surface area contributed by atoms with E-state index in [2.05, 4.69) is 0 Å². The van der Waals surface area contributed by atoms with Gasteiger partial charge in [0.05, 0.1) is 18.1 Å². The molecular formula is C12H13NO4. The maximum atomic E-state index is 10.7. The molecule has 0 saturated carbocycles. The first-order valence-electron chi connectivity index (χ1n) is 5.73. The monoisotopic (exact) mass is 235 g/mol. The average Bonchev–Trinajstić information content (AvgIpc) is 2.90. The highest BCUT2D eigenvalue weighted by Gasteiger charge is 2.42. The van der Waals surface area contributed by atoms with Gasteiger partial charge in [-0.05, 0) is 12.0 Å². The molecular weight excluding hydrogens is 222 g/mol. The molecule has 5 nitrogen and oxygen atoms in total. The SMILES string of the molecule is O=[N+]([O-])c1cccc([C@@H]2CO[C@H]3OCC[C@H]32)c1. The van der Waals surface area contributed by atoms with E-state index in [4.69, 9.17) is 9.47 Å². The fourth-order valence-corrected chi connectivity index (χ4v) is 2.68. The van der Waals surface area contributed by atoms with Crippen molar-refractivity contribution >= 4 is 5.69 Å². The lowest BCUT2D eigenvalue weighted by Gasteiger charge is -2.14. The third kappa shape index (κ3) is 1.81. The first kappa shape index (κ1) is 10.7. The van der Waals surface area contributed by atoms with Crippen LogP contribution in [0.15, 0.2) is 24.3 Å². The number of nitro benzene ring substituents is 1. The smallest absolute Gasteiger partial charge is 0.269 e. The maximum absolute atomic E-state index is 10.7. The molecule has 0 N–H and O–H groups in total. The van der Waals surface area contributed by atoms with Crippen molar-refractivity contribution in [2.75, 3.05) is 13.2 Å². The Morgan fingerprint density at radius 2 is 2.24 bits per heavy atom. The Labute approximate surface area is 98.5 Å². The Morgan fingerprint density at radius 3 is 3.06 bits per heavy atom. The minimum atomic E-state index is -0.359. The number of fused-ring (bicyclic) bond motifs is 1. The van der Waals surface area contributed by atoms with E-state index in [0.717, 1.165) is 18.6 Å². The summed E-state index contributed by atoms with van der Waals surface area (Å²) in [6.45, 7) is 1.32. The Kier molecular flexibility index (Phi) is 2.57. The summed E-state index contributed by atoms with van der Waals surface area (Å²) in [7, 11) is 0. The summed E-state index contributed by atoms with van der Waals surface area (Å²) in [5.74, 6) is 0.569. The maximum Gasteiger partial charge on any atom is 0.269 e. The lowest BCUT2D eigenvalue weighted by molar-refractivity contribution is -0.384. The number of hydrogen-bond acceptors (Lipinski definition) is 4. The van der Waals surface area contributed by atoms with Crippen molar-refractivity contribution in [2.24, 2.45) is 5.92 Å². The highest BCUT2D eigenvalue weighted by molar-refractivity contribution is 5.36. The van der Waals surface area contributed by atoms with Crippen molar-refractivity contribution in [3.05, 3.63) is 39.9 Å². The van der Waals surface area contributed by atoms with Gasteiger partial charge in [0.2, 0.25) is 0 Å². The van der Waals surface area contributed by atoms with Crippen LogP contribution in [0.2, 0.25) is 0 Å². The number of hydrogen-bond donors (Lipinski definition) is 0. The van der Waals surface area contributed by atoms with Crippen LogP contribution in [0.5, 0.6) is 0 Å². The molecule has 0 spiro atoms. The zero-order valence-corrected chi connectivity index (χ0v) is 9.24. The number of rotatable bonds is 2. The van der Waals surface area contributed by atoms with Gasteiger partial charge in [-0.3, -0.25) is 10.1 Å². The van der Waals surface area contributed by atoms with Crippen LogP contribution in [0.25, 0.3) is 0 Å². The molecule has 0 unspecified atom stereocenters. The molecule has 90 valence electrons. The third-order valence-electron chi connectivity index (χ3n) is 3.55. The van der Waals surface area contributed by atoms with Crippen LogP contribution in [0.3, 0.4) is 0 Å². The molecule has 2 aliphatic heterocycles. The number of nitrogens with zero attached hydrogens (tertiary/aromatic N) is 1. The van der Waals surface area contributed by atoms with E-state index in [0.29, 0.717) is 12.5 Å². The highest BCUT2D eigenvalue weighted by atomic mass is 16.7. The minimum absolute atomic E-state index is 0.112. The largest absolute Gasteiger partial charge is 0.352 e. The van der Waals surface area contributed by atoms with Crippen LogP contribution >= 0.6 is 0 Å². The van der Waals surface area contributed by atoms with Gasteiger partial charge in [-0.25, -0.2) is 0 Å². The Hall–Kier alpha value is -1.46. The van der Waals surface area contributed by atoms with Gasteiger partial charge < -0.3 is 9.47 Å². The van der Waals surface area contributed by atoms with E-state index in [9.17, 15) is 10.1 Å². The van der Waals surface area contributed by atoms with Gasteiger partial charge in [-0.1, -0.05) is 12.1 Å². The number of benzene rings is 1. The average molecular weight is 235 g/mol. The lowest BCUT2D eigenvalue weighted by atomic mass is 9.87. The summed E-state index contributed by atoms with van der Waals surface area (Å²) in [6.07, 6.45) is 0.858. The van der Waals surface area contributed by atoms with Crippen molar-refractivity contribution in [3.63, 3.8) is 0 Å². The molecule has 0 radical (unpaired) electrons. The zero-order chi connectivity index (χ0) is 11.8. The van der Waals surface area contributed by atoms with E-state index in [1.54, 1.807) is 12.1 Å². The molecule has 3 atom stereocenters. The molecule has 0 aromatic heterocycles. The molecule has 2 fully saturated rings. The summed E-state index contributed by atoms with van der Waals surface area (Å²) in [5, 5.41) is 10.7. The standard InChI is InChI=1S/C12H13NO4/c14-13(15)9-3-1-2-8(6-9)11-7-17-12-10(11)4-5-16-12/h1-3,6,10-12H,4-5,7H2/t10-,11-,12+/m0/s1. The number of nitro groups is 1. The van der Waals surface area contributed by atoms with Crippen molar-refractivity contribution in [3.8, 4) is 0 Å². The molecule has 0 amide bonds. The van der Waals surface area contributed by atoms with Gasteiger partial charge in [-0.15, -0.1) is 0 Å². The summed E-state index contributed by atoms with van der Waals surface area (Å²) >= 11 is 0. The van der Waals surface area contributed by atoms with Crippen molar-refractivity contribution < 1.29 is 14.4 Å². The van der Waals surface area contributed by atoms with Crippen LogP contribution < -0.4 is 0 Å². The Balaban J connectivity index is 1.88. The van der Waals surface area contributed by atoms with E-state index in [1.165, 1.54) is 6.07 Å².